The van der Waals surface area contributed by atoms with Gasteiger partial charge >= 0.3 is 0 Å². The van der Waals surface area contributed by atoms with Crippen molar-refractivity contribution in [2.75, 3.05) is 0 Å². The van der Waals surface area contributed by atoms with Crippen LogP contribution in [-0.2, 0) is 0 Å². The van der Waals surface area contributed by atoms with Gasteiger partial charge < -0.3 is 21.1 Å². The Hall–Kier alpha value is -1.26. The summed E-state index contributed by atoms with van der Waals surface area (Å²) in [5.74, 6) is -0.471. The van der Waals surface area contributed by atoms with E-state index in [0.29, 0.717) is 5.56 Å². The zero-order chi connectivity index (χ0) is 10.9. The molecule has 0 bridgehead atoms. The third-order valence-electron chi connectivity index (χ3n) is 2.02. The molecule has 4 nitrogen and oxygen atoms in total. The van der Waals surface area contributed by atoms with Crippen LogP contribution in [0.4, 0.5) is 0 Å². The number of phenols is 2. The highest BCUT2D eigenvalue weighted by molar-refractivity contribution is 5.41. The molecule has 1 unspecified atom stereocenters. The lowest BCUT2D eigenvalue weighted by molar-refractivity contribution is 0.104. The number of hydrogen-bond donors (Lipinski definition) is 4. The number of nitrogens with two attached hydrogens (primary N) is 1. The summed E-state index contributed by atoms with van der Waals surface area (Å²) in [6.45, 7) is 3.36. The number of aliphatic hydroxyl groups excluding tert-OH is 1. The Kier molecular flexibility index (Phi) is 2.69. The number of aliphatic hydroxyl groups is 1. The number of rotatable bonds is 2. The maximum Gasteiger partial charge on any atom is 0.157 e. The third kappa shape index (κ3) is 2.16. The van der Waals surface area contributed by atoms with E-state index < -0.39 is 11.6 Å². The maximum absolute atomic E-state index is 9.75. The van der Waals surface area contributed by atoms with Crippen LogP contribution in [0.1, 0.15) is 25.5 Å². The Morgan fingerprint density at radius 3 is 2.21 bits per heavy atom. The molecule has 0 amide bonds. The number of aromatic hydroxyl groups is 2. The lowest BCUT2D eigenvalue weighted by atomic mass is 9.92. The zero-order valence-electron chi connectivity index (χ0n) is 8.23. The molecule has 14 heavy (non-hydrogen) atoms. The van der Waals surface area contributed by atoms with Crippen LogP contribution in [-0.4, -0.2) is 20.9 Å². The van der Waals surface area contributed by atoms with Gasteiger partial charge in [0.1, 0.15) is 0 Å². The summed E-state index contributed by atoms with van der Waals surface area (Å²) in [6, 6.07) is 4.14. The van der Waals surface area contributed by atoms with Crippen molar-refractivity contribution in [3.8, 4) is 11.5 Å². The lowest BCUT2D eigenvalue weighted by Crippen LogP contribution is -2.39. The minimum Gasteiger partial charge on any atom is -0.504 e. The van der Waals surface area contributed by atoms with Crippen LogP contribution in [0.25, 0.3) is 0 Å². The van der Waals surface area contributed by atoms with Crippen molar-refractivity contribution in [3.05, 3.63) is 23.8 Å². The van der Waals surface area contributed by atoms with Gasteiger partial charge in [-0.2, -0.15) is 0 Å². The van der Waals surface area contributed by atoms with Gasteiger partial charge in [-0.3, -0.25) is 0 Å². The smallest absolute Gasteiger partial charge is 0.157 e. The molecule has 0 aliphatic heterocycles. The first-order valence-electron chi connectivity index (χ1n) is 4.31. The summed E-state index contributed by atoms with van der Waals surface area (Å²) in [5, 5.41) is 28.0. The van der Waals surface area contributed by atoms with E-state index in [-0.39, 0.29) is 11.5 Å². The second kappa shape index (κ2) is 3.48. The first-order chi connectivity index (χ1) is 6.32. The molecule has 4 heteroatoms. The minimum atomic E-state index is -0.881. The second-order valence-corrected chi connectivity index (χ2v) is 3.97. The van der Waals surface area contributed by atoms with Crippen molar-refractivity contribution in [2.45, 2.75) is 25.5 Å². The molecule has 0 spiro atoms. The van der Waals surface area contributed by atoms with Gasteiger partial charge in [-0.25, -0.2) is 0 Å². The van der Waals surface area contributed by atoms with E-state index in [9.17, 15) is 10.2 Å². The van der Waals surface area contributed by atoms with Crippen LogP contribution in [0.2, 0.25) is 0 Å². The fraction of sp³-hybridized carbons (Fsp3) is 0.400. The average Bonchev–Trinajstić information content (AvgIpc) is 2.07. The minimum absolute atomic E-state index is 0.212. The fourth-order valence-corrected chi connectivity index (χ4v) is 1.14. The summed E-state index contributed by atoms with van der Waals surface area (Å²) in [5.41, 5.74) is 5.40. The highest BCUT2D eigenvalue weighted by Gasteiger charge is 2.24. The molecular weight excluding hydrogens is 182 g/mol. The normalized spacial score (nSPS) is 14.0. The molecule has 1 aromatic rings. The molecule has 1 atom stereocenters. The first kappa shape index (κ1) is 10.8. The van der Waals surface area contributed by atoms with Crippen molar-refractivity contribution in [3.63, 3.8) is 0 Å². The topological polar surface area (TPSA) is 86.7 Å². The molecule has 0 heterocycles. The molecule has 5 N–H and O–H groups in total. The average molecular weight is 197 g/mol. The molecule has 0 radical (unpaired) electrons. The van der Waals surface area contributed by atoms with E-state index >= 15 is 0 Å². The number of benzene rings is 1. The van der Waals surface area contributed by atoms with Crippen LogP contribution in [0.3, 0.4) is 0 Å². The summed E-state index contributed by atoms with van der Waals surface area (Å²) < 4.78 is 0. The monoisotopic (exact) mass is 197 g/mol. The Bertz CT molecular complexity index is 331. The predicted molar refractivity (Wildman–Crippen MR) is 53.0 cm³/mol. The van der Waals surface area contributed by atoms with Gasteiger partial charge in [0.05, 0.1) is 6.10 Å². The van der Waals surface area contributed by atoms with E-state index in [2.05, 4.69) is 0 Å². The van der Waals surface area contributed by atoms with Gasteiger partial charge in [-0.15, -0.1) is 0 Å². The summed E-state index contributed by atoms with van der Waals surface area (Å²) >= 11 is 0. The molecule has 0 saturated heterocycles. The van der Waals surface area contributed by atoms with Crippen molar-refractivity contribution in [1.82, 2.24) is 0 Å². The van der Waals surface area contributed by atoms with Gasteiger partial charge in [-0.1, -0.05) is 6.07 Å². The summed E-state index contributed by atoms with van der Waals surface area (Å²) in [6.07, 6.45) is -0.881. The quantitative estimate of drug-likeness (QED) is 0.530. The third-order valence-corrected chi connectivity index (χ3v) is 2.02. The van der Waals surface area contributed by atoms with Crippen molar-refractivity contribution in [2.24, 2.45) is 5.73 Å². The Morgan fingerprint density at radius 2 is 1.79 bits per heavy atom. The molecule has 1 rings (SSSR count). The molecule has 0 aliphatic rings. The van der Waals surface area contributed by atoms with Crippen LogP contribution < -0.4 is 5.73 Å². The van der Waals surface area contributed by atoms with Crippen molar-refractivity contribution >= 4 is 0 Å². The number of phenolic OH excluding ortho intramolecular Hbond substituents is 2. The molecule has 0 saturated carbocycles. The summed E-state index contributed by atoms with van der Waals surface area (Å²) in [7, 11) is 0. The Morgan fingerprint density at radius 1 is 1.21 bits per heavy atom. The largest absolute Gasteiger partial charge is 0.504 e. The van der Waals surface area contributed by atoms with Gasteiger partial charge in [0.25, 0.3) is 0 Å². The summed E-state index contributed by atoms with van der Waals surface area (Å²) in [4.78, 5) is 0. The Balaban J connectivity index is 3.03. The van der Waals surface area contributed by atoms with Gasteiger partial charge in [0, 0.05) is 5.54 Å². The molecule has 1 aromatic carbocycles. The van der Waals surface area contributed by atoms with Gasteiger partial charge in [-0.05, 0) is 31.5 Å². The SMILES string of the molecule is CC(C)(N)C(O)c1ccc(O)c(O)c1. The second-order valence-electron chi connectivity index (χ2n) is 3.97. The van der Waals surface area contributed by atoms with Crippen LogP contribution >= 0.6 is 0 Å². The van der Waals surface area contributed by atoms with E-state index in [0.717, 1.165) is 0 Å². The number of hydrogen-bond acceptors (Lipinski definition) is 4. The fourth-order valence-electron chi connectivity index (χ4n) is 1.14. The van der Waals surface area contributed by atoms with E-state index in [1.807, 2.05) is 0 Å². The van der Waals surface area contributed by atoms with Crippen molar-refractivity contribution in [1.29, 1.82) is 0 Å². The van der Waals surface area contributed by atoms with Crippen LogP contribution in [0.5, 0.6) is 11.5 Å². The molecular formula is C10H15NO3. The highest BCUT2D eigenvalue weighted by Crippen LogP contribution is 2.30. The highest BCUT2D eigenvalue weighted by atomic mass is 16.3. The lowest BCUT2D eigenvalue weighted by Gasteiger charge is -2.26. The van der Waals surface area contributed by atoms with E-state index in [1.54, 1.807) is 13.8 Å². The molecule has 0 aromatic heterocycles. The molecule has 0 aliphatic carbocycles. The predicted octanol–water partition coefficient (Wildman–Crippen LogP) is 0.868. The van der Waals surface area contributed by atoms with Gasteiger partial charge in [0.2, 0.25) is 0 Å². The standard InChI is InChI=1S/C10H15NO3/c1-10(2,11)9(14)6-3-4-7(12)8(13)5-6/h3-5,9,12-14H,11H2,1-2H3. The molecule has 0 fully saturated rings. The van der Waals surface area contributed by atoms with E-state index in [4.69, 9.17) is 10.8 Å². The first-order valence-corrected chi connectivity index (χ1v) is 4.31. The van der Waals surface area contributed by atoms with E-state index in [1.165, 1.54) is 18.2 Å². The molecule has 78 valence electrons. The van der Waals surface area contributed by atoms with Crippen molar-refractivity contribution < 1.29 is 15.3 Å². The van der Waals surface area contributed by atoms with Crippen LogP contribution in [0, 0.1) is 0 Å². The maximum atomic E-state index is 9.75. The van der Waals surface area contributed by atoms with Crippen LogP contribution in [0.15, 0.2) is 18.2 Å². The Labute approximate surface area is 82.6 Å². The zero-order valence-corrected chi connectivity index (χ0v) is 8.23. The van der Waals surface area contributed by atoms with Gasteiger partial charge in [0.15, 0.2) is 11.5 Å².